The van der Waals surface area contributed by atoms with Crippen LogP contribution < -0.4 is 11.1 Å². The quantitative estimate of drug-likeness (QED) is 0.798. The number of nitrogens with two attached hydrogens (primary N) is 1. The number of carbonyl (C=O) groups is 1. The lowest BCUT2D eigenvalue weighted by molar-refractivity contribution is -0.124. The molecule has 0 radical (unpaired) electrons. The molecule has 3 N–H and O–H groups in total. The van der Waals surface area contributed by atoms with E-state index >= 15 is 0 Å². The Morgan fingerprint density at radius 1 is 1.45 bits per heavy atom. The van der Waals surface area contributed by atoms with Gasteiger partial charge in [-0.2, -0.15) is 0 Å². The smallest absolute Gasteiger partial charge is 0.239 e. The van der Waals surface area contributed by atoms with Gasteiger partial charge in [-0.3, -0.25) is 4.79 Å². The normalized spacial score (nSPS) is 13.2. The van der Waals surface area contributed by atoms with Crippen LogP contribution in [0.1, 0.15) is 11.7 Å². The Hall–Kier alpha value is -0.850. The zero-order valence-corrected chi connectivity index (χ0v) is 13.0. The molecule has 1 aromatic rings. The van der Waals surface area contributed by atoms with Crippen LogP contribution in [0.5, 0.6) is 0 Å². The third-order valence-corrected chi connectivity index (χ3v) is 2.88. The fraction of sp³-hybridized carbons (Fsp3) is 0.462. The van der Waals surface area contributed by atoms with Crippen molar-refractivity contribution in [3.05, 3.63) is 34.9 Å². The molecule has 2 atom stereocenters. The Kier molecular flexibility index (Phi) is 9.54. The number of hydrogen-bond acceptors (Lipinski definition) is 4. The van der Waals surface area contributed by atoms with Crippen LogP contribution in [0, 0.1) is 0 Å². The Balaban J connectivity index is 0.00000361. The number of hydrogen-bond donors (Lipinski definition) is 2. The van der Waals surface area contributed by atoms with Crippen molar-refractivity contribution in [2.75, 3.05) is 27.4 Å². The summed E-state index contributed by atoms with van der Waals surface area (Å²) >= 11 is 5.92. The number of carbonyl (C=O) groups excluding carboxylic acids is 1. The zero-order valence-electron chi connectivity index (χ0n) is 11.5. The molecule has 0 saturated carbocycles. The number of methoxy groups -OCH3 is 2. The topological polar surface area (TPSA) is 73.6 Å². The fourth-order valence-corrected chi connectivity index (χ4v) is 1.82. The van der Waals surface area contributed by atoms with Gasteiger partial charge in [0.1, 0.15) is 6.04 Å². The lowest BCUT2D eigenvalue weighted by Gasteiger charge is -2.18. The molecule has 114 valence electrons. The van der Waals surface area contributed by atoms with Gasteiger partial charge in [0.15, 0.2) is 0 Å². The van der Waals surface area contributed by atoms with E-state index in [0.717, 1.165) is 5.56 Å². The number of rotatable bonds is 7. The molecule has 0 aliphatic carbocycles. The molecule has 0 spiro atoms. The second kappa shape index (κ2) is 9.96. The molecule has 5 nitrogen and oxygen atoms in total. The molecule has 2 unspecified atom stereocenters. The number of benzene rings is 1. The summed E-state index contributed by atoms with van der Waals surface area (Å²) in [7, 11) is 3.07. The first-order chi connectivity index (χ1) is 9.08. The van der Waals surface area contributed by atoms with Crippen LogP contribution in [-0.2, 0) is 14.3 Å². The molecule has 0 aliphatic heterocycles. The molecule has 0 aromatic heterocycles. The minimum absolute atomic E-state index is 0. The second-order valence-electron chi connectivity index (χ2n) is 4.09. The number of nitrogens with one attached hydrogen (secondary N) is 1. The van der Waals surface area contributed by atoms with Crippen molar-refractivity contribution >= 4 is 29.9 Å². The highest BCUT2D eigenvalue weighted by molar-refractivity contribution is 6.30. The van der Waals surface area contributed by atoms with Gasteiger partial charge < -0.3 is 20.5 Å². The van der Waals surface area contributed by atoms with Crippen LogP contribution in [0.4, 0.5) is 0 Å². The Morgan fingerprint density at radius 3 is 2.70 bits per heavy atom. The first kappa shape index (κ1) is 19.1. The third-order valence-electron chi connectivity index (χ3n) is 2.65. The van der Waals surface area contributed by atoms with Crippen LogP contribution in [0.3, 0.4) is 0 Å². The maximum Gasteiger partial charge on any atom is 0.239 e. The van der Waals surface area contributed by atoms with Crippen molar-refractivity contribution in [2.24, 2.45) is 5.73 Å². The molecule has 0 heterocycles. The van der Waals surface area contributed by atoms with E-state index in [1.54, 1.807) is 19.2 Å². The van der Waals surface area contributed by atoms with Crippen molar-refractivity contribution in [1.29, 1.82) is 0 Å². The van der Waals surface area contributed by atoms with E-state index in [9.17, 15) is 4.79 Å². The predicted molar refractivity (Wildman–Crippen MR) is 81.3 cm³/mol. The number of ether oxygens (including phenoxy) is 2. The summed E-state index contributed by atoms with van der Waals surface area (Å²) in [5, 5.41) is 3.35. The van der Waals surface area contributed by atoms with Gasteiger partial charge >= 0.3 is 0 Å². The highest BCUT2D eigenvalue weighted by Crippen LogP contribution is 2.19. The van der Waals surface area contributed by atoms with E-state index in [2.05, 4.69) is 5.32 Å². The minimum Gasteiger partial charge on any atom is -0.383 e. The highest BCUT2D eigenvalue weighted by Gasteiger charge is 2.16. The van der Waals surface area contributed by atoms with Crippen LogP contribution in [0.2, 0.25) is 5.02 Å². The van der Waals surface area contributed by atoms with Gasteiger partial charge in [0.05, 0.1) is 12.7 Å². The van der Waals surface area contributed by atoms with E-state index < -0.39 is 6.04 Å². The summed E-state index contributed by atoms with van der Waals surface area (Å²) in [6, 6.07) is 6.63. The lowest BCUT2D eigenvalue weighted by Crippen LogP contribution is -2.44. The second-order valence-corrected chi connectivity index (χ2v) is 4.52. The van der Waals surface area contributed by atoms with Crippen molar-refractivity contribution in [2.45, 2.75) is 12.1 Å². The molecule has 0 aliphatic rings. The molecule has 1 rings (SSSR count). The predicted octanol–water partition coefficient (Wildman–Crippen LogP) is 1.54. The minimum atomic E-state index is -0.679. The summed E-state index contributed by atoms with van der Waals surface area (Å²) in [4.78, 5) is 11.7. The molecule has 0 bridgehead atoms. The number of halogens is 2. The van der Waals surface area contributed by atoms with Gasteiger partial charge in [-0.05, 0) is 17.7 Å². The molecule has 1 amide bonds. The van der Waals surface area contributed by atoms with E-state index in [1.165, 1.54) is 7.11 Å². The monoisotopic (exact) mass is 322 g/mol. The lowest BCUT2D eigenvalue weighted by atomic mass is 10.1. The van der Waals surface area contributed by atoms with E-state index in [-0.39, 0.29) is 31.0 Å². The molecule has 20 heavy (non-hydrogen) atoms. The van der Waals surface area contributed by atoms with Gasteiger partial charge in [0, 0.05) is 25.8 Å². The zero-order chi connectivity index (χ0) is 14.3. The van der Waals surface area contributed by atoms with Gasteiger partial charge in [-0.1, -0.05) is 23.7 Å². The first-order valence-electron chi connectivity index (χ1n) is 5.89. The van der Waals surface area contributed by atoms with Crippen LogP contribution in [0.15, 0.2) is 24.3 Å². The molecule has 0 saturated heterocycles. The van der Waals surface area contributed by atoms with Gasteiger partial charge in [-0.25, -0.2) is 0 Å². The van der Waals surface area contributed by atoms with Gasteiger partial charge in [-0.15, -0.1) is 12.4 Å². The molecule has 7 heteroatoms. The van der Waals surface area contributed by atoms with Crippen molar-refractivity contribution in [3.8, 4) is 0 Å². The van der Waals surface area contributed by atoms with Crippen LogP contribution in [-0.4, -0.2) is 39.3 Å². The maximum atomic E-state index is 11.7. The summed E-state index contributed by atoms with van der Waals surface area (Å²) in [5.74, 6) is -0.272. The van der Waals surface area contributed by atoms with Crippen LogP contribution in [0.25, 0.3) is 0 Å². The molecule has 0 fully saturated rings. The van der Waals surface area contributed by atoms with Gasteiger partial charge in [0.2, 0.25) is 5.91 Å². The summed E-state index contributed by atoms with van der Waals surface area (Å²) < 4.78 is 10.2. The van der Waals surface area contributed by atoms with Crippen molar-refractivity contribution < 1.29 is 14.3 Å². The van der Waals surface area contributed by atoms with E-state index in [1.807, 2.05) is 12.1 Å². The average Bonchev–Trinajstić information content (AvgIpc) is 2.39. The Bertz CT molecular complexity index is 418. The standard InChI is InChI=1S/C13H19ClN2O3.ClH/c1-18-8-11(15)13(17)16-7-12(19-2)9-4-3-5-10(14)6-9;/h3-6,11-12H,7-8,15H2,1-2H3,(H,16,17);1H. The number of amides is 1. The van der Waals surface area contributed by atoms with E-state index in [0.29, 0.717) is 11.6 Å². The van der Waals surface area contributed by atoms with E-state index in [4.69, 9.17) is 26.8 Å². The summed E-state index contributed by atoms with van der Waals surface area (Å²) in [6.45, 7) is 0.508. The van der Waals surface area contributed by atoms with Gasteiger partial charge in [0.25, 0.3) is 0 Å². The average molecular weight is 323 g/mol. The fourth-order valence-electron chi connectivity index (χ4n) is 1.62. The molecular formula is C13H20Cl2N2O3. The first-order valence-corrected chi connectivity index (χ1v) is 6.26. The Labute approximate surface area is 130 Å². The molecular weight excluding hydrogens is 303 g/mol. The van der Waals surface area contributed by atoms with Crippen molar-refractivity contribution in [1.82, 2.24) is 5.32 Å². The Morgan fingerprint density at radius 2 is 2.15 bits per heavy atom. The van der Waals surface area contributed by atoms with Crippen LogP contribution >= 0.6 is 24.0 Å². The SMILES string of the molecule is COCC(N)C(=O)NCC(OC)c1cccc(Cl)c1.Cl. The molecule has 1 aromatic carbocycles. The highest BCUT2D eigenvalue weighted by atomic mass is 35.5. The summed E-state index contributed by atoms with van der Waals surface area (Å²) in [6.07, 6.45) is -0.266. The third kappa shape index (κ3) is 6.07. The largest absolute Gasteiger partial charge is 0.383 e. The summed E-state index contributed by atoms with van der Waals surface area (Å²) in [5.41, 5.74) is 6.52. The van der Waals surface area contributed by atoms with Crippen molar-refractivity contribution in [3.63, 3.8) is 0 Å². The maximum absolute atomic E-state index is 11.7.